The molecule has 3 nitrogen and oxygen atoms in total. The van der Waals surface area contributed by atoms with Crippen LogP contribution in [0.15, 0.2) is 0 Å². The Morgan fingerprint density at radius 1 is 1.54 bits per heavy atom. The Morgan fingerprint density at radius 3 is 2.62 bits per heavy atom. The standard InChI is InChI=1S/C10H23N3/c1-8(2)10(6-11)12-9-4-5-13(3)7-9/h8-10,12H,4-7,11H2,1-3H3. The fourth-order valence-corrected chi connectivity index (χ4v) is 1.91. The summed E-state index contributed by atoms with van der Waals surface area (Å²) >= 11 is 0. The molecule has 0 bridgehead atoms. The Bertz CT molecular complexity index is 147. The third-order valence-electron chi connectivity index (χ3n) is 2.90. The third-order valence-corrected chi connectivity index (χ3v) is 2.90. The second-order valence-electron chi connectivity index (χ2n) is 4.50. The fraction of sp³-hybridized carbons (Fsp3) is 1.00. The van der Waals surface area contributed by atoms with Crippen LogP contribution < -0.4 is 11.1 Å². The van der Waals surface area contributed by atoms with Crippen molar-refractivity contribution in [2.24, 2.45) is 11.7 Å². The van der Waals surface area contributed by atoms with Gasteiger partial charge in [-0.3, -0.25) is 0 Å². The molecule has 3 N–H and O–H groups in total. The van der Waals surface area contributed by atoms with Gasteiger partial charge >= 0.3 is 0 Å². The molecule has 1 aliphatic rings. The monoisotopic (exact) mass is 185 g/mol. The summed E-state index contributed by atoms with van der Waals surface area (Å²) in [7, 11) is 2.18. The zero-order valence-corrected chi connectivity index (χ0v) is 9.09. The van der Waals surface area contributed by atoms with Crippen LogP contribution >= 0.6 is 0 Å². The number of hydrogen-bond donors (Lipinski definition) is 2. The molecule has 1 fully saturated rings. The fourth-order valence-electron chi connectivity index (χ4n) is 1.91. The van der Waals surface area contributed by atoms with Crippen molar-refractivity contribution in [2.45, 2.75) is 32.4 Å². The molecule has 2 unspecified atom stereocenters. The minimum Gasteiger partial charge on any atom is -0.329 e. The van der Waals surface area contributed by atoms with E-state index in [1.165, 1.54) is 19.5 Å². The molecule has 1 aliphatic heterocycles. The van der Waals surface area contributed by atoms with E-state index in [1.807, 2.05) is 0 Å². The zero-order chi connectivity index (χ0) is 9.84. The van der Waals surface area contributed by atoms with Crippen LogP contribution in [0, 0.1) is 5.92 Å². The van der Waals surface area contributed by atoms with E-state index in [9.17, 15) is 0 Å². The minimum atomic E-state index is 0.483. The molecule has 3 heteroatoms. The Balaban J connectivity index is 2.30. The molecule has 0 aromatic rings. The van der Waals surface area contributed by atoms with Crippen LogP contribution in [0.1, 0.15) is 20.3 Å². The summed E-state index contributed by atoms with van der Waals surface area (Å²) in [5.74, 6) is 0.635. The van der Waals surface area contributed by atoms with Gasteiger partial charge in [-0.1, -0.05) is 13.8 Å². The quantitative estimate of drug-likeness (QED) is 0.660. The first kappa shape index (κ1) is 11.0. The smallest absolute Gasteiger partial charge is 0.0216 e. The molecule has 2 atom stereocenters. The predicted molar refractivity (Wildman–Crippen MR) is 56.7 cm³/mol. The number of likely N-dealkylation sites (tertiary alicyclic amines) is 1. The van der Waals surface area contributed by atoms with E-state index in [2.05, 4.69) is 31.1 Å². The van der Waals surface area contributed by atoms with Gasteiger partial charge < -0.3 is 16.0 Å². The van der Waals surface area contributed by atoms with Crippen molar-refractivity contribution in [3.8, 4) is 0 Å². The zero-order valence-electron chi connectivity index (χ0n) is 9.09. The van der Waals surface area contributed by atoms with E-state index in [0.717, 1.165) is 6.54 Å². The van der Waals surface area contributed by atoms with Crippen LogP contribution in [0.25, 0.3) is 0 Å². The van der Waals surface area contributed by atoms with Gasteiger partial charge in [-0.15, -0.1) is 0 Å². The summed E-state index contributed by atoms with van der Waals surface area (Å²) in [6.45, 7) is 7.58. The number of nitrogens with two attached hydrogens (primary N) is 1. The average molecular weight is 185 g/mol. The second-order valence-corrected chi connectivity index (χ2v) is 4.50. The van der Waals surface area contributed by atoms with Gasteiger partial charge in [0.15, 0.2) is 0 Å². The van der Waals surface area contributed by atoms with Crippen molar-refractivity contribution in [2.75, 3.05) is 26.7 Å². The molecular formula is C10H23N3. The summed E-state index contributed by atoms with van der Waals surface area (Å²) < 4.78 is 0. The van der Waals surface area contributed by atoms with Crippen molar-refractivity contribution in [1.82, 2.24) is 10.2 Å². The first-order chi connectivity index (χ1) is 6.13. The van der Waals surface area contributed by atoms with Gasteiger partial charge in [-0.05, 0) is 25.9 Å². The maximum absolute atomic E-state index is 5.71. The van der Waals surface area contributed by atoms with Crippen LogP contribution in [-0.2, 0) is 0 Å². The molecule has 0 spiro atoms. The van der Waals surface area contributed by atoms with Crippen molar-refractivity contribution in [3.63, 3.8) is 0 Å². The number of hydrogen-bond acceptors (Lipinski definition) is 3. The number of likely N-dealkylation sites (N-methyl/N-ethyl adjacent to an activating group) is 1. The van der Waals surface area contributed by atoms with Crippen LogP contribution in [-0.4, -0.2) is 43.7 Å². The highest BCUT2D eigenvalue weighted by Crippen LogP contribution is 2.09. The van der Waals surface area contributed by atoms with Crippen molar-refractivity contribution < 1.29 is 0 Å². The molecule has 0 radical (unpaired) electrons. The Hall–Kier alpha value is -0.120. The largest absolute Gasteiger partial charge is 0.329 e. The van der Waals surface area contributed by atoms with Crippen molar-refractivity contribution in [1.29, 1.82) is 0 Å². The van der Waals surface area contributed by atoms with Crippen LogP contribution in [0.5, 0.6) is 0 Å². The van der Waals surface area contributed by atoms with Crippen LogP contribution in [0.3, 0.4) is 0 Å². The molecule has 0 aromatic carbocycles. The molecule has 0 aromatic heterocycles. The lowest BCUT2D eigenvalue weighted by atomic mass is 10.0. The van der Waals surface area contributed by atoms with Crippen molar-refractivity contribution in [3.05, 3.63) is 0 Å². The molecule has 1 saturated heterocycles. The van der Waals surface area contributed by atoms with Gasteiger partial charge in [0.05, 0.1) is 0 Å². The third kappa shape index (κ3) is 3.25. The van der Waals surface area contributed by atoms with E-state index in [0.29, 0.717) is 18.0 Å². The van der Waals surface area contributed by atoms with Crippen molar-refractivity contribution >= 4 is 0 Å². The molecular weight excluding hydrogens is 162 g/mol. The Kier molecular flexibility index (Phi) is 4.16. The molecule has 78 valence electrons. The van der Waals surface area contributed by atoms with Crippen LogP contribution in [0.2, 0.25) is 0 Å². The highest BCUT2D eigenvalue weighted by atomic mass is 15.2. The lowest BCUT2D eigenvalue weighted by Crippen LogP contribution is -2.46. The minimum absolute atomic E-state index is 0.483. The number of rotatable bonds is 4. The molecule has 1 rings (SSSR count). The Morgan fingerprint density at radius 2 is 2.23 bits per heavy atom. The maximum atomic E-state index is 5.71. The molecule has 1 heterocycles. The van der Waals surface area contributed by atoms with Gasteiger partial charge in [0, 0.05) is 25.2 Å². The summed E-state index contributed by atoms with van der Waals surface area (Å²) in [6, 6.07) is 1.14. The van der Waals surface area contributed by atoms with E-state index in [4.69, 9.17) is 5.73 Å². The van der Waals surface area contributed by atoms with E-state index < -0.39 is 0 Å². The van der Waals surface area contributed by atoms with E-state index >= 15 is 0 Å². The maximum Gasteiger partial charge on any atom is 0.0216 e. The van der Waals surface area contributed by atoms with Gasteiger partial charge in [-0.25, -0.2) is 0 Å². The number of nitrogens with one attached hydrogen (secondary N) is 1. The van der Waals surface area contributed by atoms with Gasteiger partial charge in [-0.2, -0.15) is 0 Å². The highest BCUT2D eigenvalue weighted by molar-refractivity contribution is 4.83. The first-order valence-electron chi connectivity index (χ1n) is 5.28. The van der Waals surface area contributed by atoms with Gasteiger partial charge in [0.2, 0.25) is 0 Å². The molecule has 0 amide bonds. The number of nitrogens with zero attached hydrogens (tertiary/aromatic N) is 1. The van der Waals surface area contributed by atoms with Gasteiger partial charge in [0.25, 0.3) is 0 Å². The molecule has 13 heavy (non-hydrogen) atoms. The first-order valence-corrected chi connectivity index (χ1v) is 5.28. The molecule has 0 saturated carbocycles. The second kappa shape index (κ2) is 4.94. The topological polar surface area (TPSA) is 41.3 Å². The summed E-state index contributed by atoms with van der Waals surface area (Å²) in [4.78, 5) is 2.37. The highest BCUT2D eigenvalue weighted by Gasteiger charge is 2.22. The SMILES string of the molecule is CC(C)C(CN)NC1CCN(C)C1. The predicted octanol–water partition coefficient (Wildman–Crippen LogP) is 0.263. The lowest BCUT2D eigenvalue weighted by molar-refractivity contribution is 0.343. The normalized spacial score (nSPS) is 27.0. The summed E-state index contributed by atoms with van der Waals surface area (Å²) in [5.41, 5.74) is 5.71. The van der Waals surface area contributed by atoms with Crippen LogP contribution in [0.4, 0.5) is 0 Å². The van der Waals surface area contributed by atoms with Gasteiger partial charge in [0.1, 0.15) is 0 Å². The molecule has 0 aliphatic carbocycles. The van der Waals surface area contributed by atoms with E-state index in [1.54, 1.807) is 0 Å². The summed E-state index contributed by atoms with van der Waals surface area (Å²) in [5, 5.41) is 3.63. The lowest BCUT2D eigenvalue weighted by Gasteiger charge is -2.24. The Labute approximate surface area is 81.7 Å². The van der Waals surface area contributed by atoms with E-state index in [-0.39, 0.29) is 0 Å². The average Bonchev–Trinajstić information content (AvgIpc) is 2.46. The summed E-state index contributed by atoms with van der Waals surface area (Å²) in [6.07, 6.45) is 1.26.